The highest BCUT2D eigenvalue weighted by Gasteiger charge is 2.19. The maximum Gasteiger partial charge on any atom is 0.259 e. The molecular weight excluding hydrogens is 318 g/mol. The van der Waals surface area contributed by atoms with Crippen molar-refractivity contribution >= 4 is 33.3 Å². The van der Waals surface area contributed by atoms with Crippen molar-refractivity contribution in [3.05, 3.63) is 38.6 Å². The second kappa shape index (κ2) is 5.55. The summed E-state index contributed by atoms with van der Waals surface area (Å²) >= 11 is 3.12. The first kappa shape index (κ1) is 14.0. The first-order chi connectivity index (χ1) is 10.7. The molecule has 0 fully saturated rings. The minimum absolute atomic E-state index is 0.0106. The molecule has 0 atom stereocenters. The SMILES string of the molecule is Cc1coc(SCc2nc3sc4c(c3c(=O)[nH]2)CCCC4)n1. The third-order valence-electron chi connectivity index (χ3n) is 3.80. The number of nitrogens with zero attached hydrogens (tertiary/aromatic N) is 2. The number of aryl methyl sites for hydroxylation is 3. The van der Waals surface area contributed by atoms with Gasteiger partial charge in [0, 0.05) is 4.88 Å². The van der Waals surface area contributed by atoms with Gasteiger partial charge in [-0.1, -0.05) is 11.8 Å². The lowest BCUT2D eigenvalue weighted by molar-refractivity contribution is 0.454. The zero-order chi connectivity index (χ0) is 15.1. The third-order valence-corrected chi connectivity index (χ3v) is 5.84. The standard InChI is InChI=1S/C15H15N3O2S2/c1-8-6-20-15(16-8)21-7-11-17-13(19)12-9-4-2-3-5-10(9)22-14(12)18-11/h6H,2-5,7H2,1H3,(H,17,18,19). The van der Waals surface area contributed by atoms with Crippen LogP contribution in [0.2, 0.25) is 0 Å². The molecular formula is C15H15N3O2S2. The lowest BCUT2D eigenvalue weighted by Gasteiger charge is -2.09. The van der Waals surface area contributed by atoms with Crippen LogP contribution in [-0.4, -0.2) is 15.0 Å². The van der Waals surface area contributed by atoms with Gasteiger partial charge in [-0.3, -0.25) is 4.79 Å². The average molecular weight is 333 g/mol. The molecule has 3 heterocycles. The lowest BCUT2D eigenvalue weighted by atomic mass is 9.97. The third kappa shape index (κ3) is 2.48. The number of aromatic amines is 1. The van der Waals surface area contributed by atoms with Crippen molar-refractivity contribution in [2.75, 3.05) is 0 Å². The topological polar surface area (TPSA) is 71.8 Å². The molecule has 0 spiro atoms. The lowest BCUT2D eigenvalue weighted by Crippen LogP contribution is -2.12. The van der Waals surface area contributed by atoms with Crippen LogP contribution in [0.1, 0.15) is 34.8 Å². The fourth-order valence-electron chi connectivity index (χ4n) is 2.81. The Bertz CT molecular complexity index is 894. The van der Waals surface area contributed by atoms with Crippen LogP contribution in [0.3, 0.4) is 0 Å². The summed E-state index contributed by atoms with van der Waals surface area (Å²) in [6.07, 6.45) is 6.08. The van der Waals surface area contributed by atoms with Crippen LogP contribution in [0.15, 0.2) is 20.7 Å². The molecule has 0 amide bonds. The van der Waals surface area contributed by atoms with Crippen molar-refractivity contribution in [2.45, 2.75) is 43.6 Å². The van der Waals surface area contributed by atoms with E-state index in [4.69, 9.17) is 4.42 Å². The van der Waals surface area contributed by atoms with Crippen LogP contribution in [-0.2, 0) is 18.6 Å². The molecule has 3 aromatic rings. The van der Waals surface area contributed by atoms with Crippen molar-refractivity contribution in [1.29, 1.82) is 0 Å². The average Bonchev–Trinajstić information content (AvgIpc) is 3.08. The van der Waals surface area contributed by atoms with E-state index in [-0.39, 0.29) is 5.56 Å². The molecule has 3 aromatic heterocycles. The van der Waals surface area contributed by atoms with E-state index in [9.17, 15) is 4.79 Å². The highest BCUT2D eigenvalue weighted by Crippen LogP contribution is 2.33. The van der Waals surface area contributed by atoms with E-state index in [1.165, 1.54) is 35.0 Å². The van der Waals surface area contributed by atoms with Crippen molar-refractivity contribution in [2.24, 2.45) is 0 Å². The number of thioether (sulfide) groups is 1. The Morgan fingerprint density at radius 2 is 2.23 bits per heavy atom. The second-order valence-corrected chi connectivity index (χ2v) is 7.46. The van der Waals surface area contributed by atoms with Gasteiger partial charge in [-0.05, 0) is 38.2 Å². The first-order valence-electron chi connectivity index (χ1n) is 7.29. The molecule has 4 rings (SSSR count). The molecule has 22 heavy (non-hydrogen) atoms. The van der Waals surface area contributed by atoms with E-state index in [2.05, 4.69) is 15.0 Å². The summed E-state index contributed by atoms with van der Waals surface area (Å²) in [5.74, 6) is 1.23. The molecule has 0 aliphatic heterocycles. The summed E-state index contributed by atoms with van der Waals surface area (Å²) in [4.78, 5) is 26.4. The van der Waals surface area contributed by atoms with E-state index < -0.39 is 0 Å². The molecule has 0 saturated carbocycles. The Morgan fingerprint density at radius 1 is 1.36 bits per heavy atom. The molecule has 1 N–H and O–H groups in total. The van der Waals surface area contributed by atoms with Gasteiger partial charge in [0.25, 0.3) is 10.8 Å². The van der Waals surface area contributed by atoms with Gasteiger partial charge < -0.3 is 9.40 Å². The number of hydrogen-bond acceptors (Lipinski definition) is 6. The van der Waals surface area contributed by atoms with E-state index in [1.54, 1.807) is 17.6 Å². The fraction of sp³-hybridized carbons (Fsp3) is 0.400. The molecule has 0 radical (unpaired) electrons. The maximum absolute atomic E-state index is 12.4. The Balaban J connectivity index is 1.66. The van der Waals surface area contributed by atoms with Crippen molar-refractivity contribution < 1.29 is 4.42 Å². The number of oxazole rings is 1. The molecule has 7 heteroatoms. The Morgan fingerprint density at radius 3 is 3.05 bits per heavy atom. The van der Waals surface area contributed by atoms with Gasteiger partial charge in [0.15, 0.2) is 0 Å². The summed E-state index contributed by atoms with van der Waals surface area (Å²) in [5.41, 5.74) is 2.07. The fourth-order valence-corrected chi connectivity index (χ4v) is 4.81. The summed E-state index contributed by atoms with van der Waals surface area (Å²) in [7, 11) is 0. The molecule has 1 aliphatic rings. The highest BCUT2D eigenvalue weighted by atomic mass is 32.2. The van der Waals surface area contributed by atoms with Crippen molar-refractivity contribution in [3.8, 4) is 0 Å². The van der Waals surface area contributed by atoms with Crippen LogP contribution >= 0.6 is 23.1 Å². The highest BCUT2D eigenvalue weighted by molar-refractivity contribution is 7.98. The van der Waals surface area contributed by atoms with Gasteiger partial charge >= 0.3 is 0 Å². The zero-order valence-corrected chi connectivity index (χ0v) is 13.8. The number of hydrogen-bond donors (Lipinski definition) is 1. The zero-order valence-electron chi connectivity index (χ0n) is 12.1. The monoisotopic (exact) mass is 333 g/mol. The van der Waals surface area contributed by atoms with E-state index in [0.29, 0.717) is 16.8 Å². The summed E-state index contributed by atoms with van der Waals surface area (Å²) in [5, 5.41) is 1.41. The number of aromatic nitrogens is 3. The van der Waals surface area contributed by atoms with Crippen molar-refractivity contribution in [1.82, 2.24) is 15.0 Å². The molecule has 0 unspecified atom stereocenters. The summed E-state index contributed by atoms with van der Waals surface area (Å²) < 4.78 is 5.30. The van der Waals surface area contributed by atoms with Crippen molar-refractivity contribution in [3.63, 3.8) is 0 Å². The molecule has 0 aromatic carbocycles. The van der Waals surface area contributed by atoms with Gasteiger partial charge in [-0.2, -0.15) is 0 Å². The van der Waals surface area contributed by atoms with Crippen LogP contribution in [0, 0.1) is 6.92 Å². The number of fused-ring (bicyclic) bond motifs is 3. The summed E-state index contributed by atoms with van der Waals surface area (Å²) in [6, 6.07) is 0. The molecule has 5 nitrogen and oxygen atoms in total. The predicted molar refractivity (Wildman–Crippen MR) is 87.7 cm³/mol. The summed E-state index contributed by atoms with van der Waals surface area (Å²) in [6.45, 7) is 1.88. The van der Waals surface area contributed by atoms with E-state index in [0.717, 1.165) is 28.8 Å². The van der Waals surface area contributed by atoms with Gasteiger partial charge in [0.05, 0.1) is 16.8 Å². The van der Waals surface area contributed by atoms with E-state index in [1.807, 2.05) is 6.92 Å². The first-order valence-corrected chi connectivity index (χ1v) is 9.09. The smallest absolute Gasteiger partial charge is 0.259 e. The number of rotatable bonds is 3. The number of thiophene rings is 1. The normalized spacial score (nSPS) is 14.4. The van der Waals surface area contributed by atoms with Crippen LogP contribution < -0.4 is 5.56 Å². The quantitative estimate of drug-likeness (QED) is 0.743. The van der Waals surface area contributed by atoms with Gasteiger partial charge in [-0.25, -0.2) is 9.97 Å². The van der Waals surface area contributed by atoms with Crippen LogP contribution in [0.5, 0.6) is 0 Å². The Kier molecular flexibility index (Phi) is 3.54. The predicted octanol–water partition coefficient (Wildman–Crippen LogP) is 3.45. The molecule has 1 aliphatic carbocycles. The van der Waals surface area contributed by atoms with Crippen LogP contribution in [0.4, 0.5) is 0 Å². The Labute approximate surface area is 135 Å². The minimum atomic E-state index is -0.0106. The van der Waals surface area contributed by atoms with Gasteiger partial charge in [-0.15, -0.1) is 11.3 Å². The van der Waals surface area contributed by atoms with Gasteiger partial charge in [0.1, 0.15) is 16.9 Å². The van der Waals surface area contributed by atoms with Crippen LogP contribution in [0.25, 0.3) is 10.2 Å². The molecule has 114 valence electrons. The second-order valence-electron chi connectivity index (χ2n) is 5.45. The van der Waals surface area contributed by atoms with Gasteiger partial charge in [0.2, 0.25) is 0 Å². The maximum atomic E-state index is 12.4. The minimum Gasteiger partial charge on any atom is -0.440 e. The van der Waals surface area contributed by atoms with E-state index >= 15 is 0 Å². The number of H-pyrrole nitrogens is 1. The number of nitrogens with one attached hydrogen (secondary N) is 1. The Hall–Kier alpha value is -1.60. The molecule has 0 saturated heterocycles. The largest absolute Gasteiger partial charge is 0.440 e. The molecule has 0 bridgehead atoms.